The van der Waals surface area contributed by atoms with Crippen molar-refractivity contribution in [2.75, 3.05) is 0 Å². The minimum atomic E-state index is 0.0655. The van der Waals surface area contributed by atoms with E-state index in [0.29, 0.717) is 5.56 Å². The van der Waals surface area contributed by atoms with Crippen LogP contribution in [-0.4, -0.2) is 13.7 Å². The van der Waals surface area contributed by atoms with Crippen molar-refractivity contribution in [3.05, 3.63) is 246 Å². The highest BCUT2D eigenvalue weighted by Gasteiger charge is 2.29. The Labute approximate surface area is 410 Å². The van der Waals surface area contributed by atoms with Gasteiger partial charge in [0.2, 0.25) is 0 Å². The smallest absolute Gasteiger partial charge is 0.101 e. The van der Waals surface area contributed by atoms with E-state index in [2.05, 4.69) is 245 Å². The number of nitrogens with zero attached hydrogens (tertiary/aromatic N) is 4. The second-order valence-corrected chi connectivity index (χ2v) is 19.5. The first-order chi connectivity index (χ1) is 35.1. The fourth-order valence-corrected chi connectivity index (χ4v) is 12.7. The molecule has 1 aliphatic carbocycles. The van der Waals surface area contributed by atoms with E-state index in [9.17, 15) is 5.26 Å². The maximum absolute atomic E-state index is 11.4. The number of para-hydroxylation sites is 4. The summed E-state index contributed by atoms with van der Waals surface area (Å²) in [5.74, 6) is 0.0655. The quantitative estimate of drug-likeness (QED) is 0.173. The molecule has 0 spiro atoms. The maximum Gasteiger partial charge on any atom is 0.101 e. The van der Waals surface area contributed by atoms with E-state index < -0.39 is 0 Å². The highest BCUT2D eigenvalue weighted by atomic mass is 15.0. The molecule has 0 N–H and O–H groups in total. The van der Waals surface area contributed by atoms with Crippen molar-refractivity contribution in [1.29, 1.82) is 5.26 Å². The summed E-state index contributed by atoms with van der Waals surface area (Å²) in [4.78, 5) is 0. The molecule has 0 radical (unpaired) electrons. The van der Waals surface area contributed by atoms with E-state index in [0.717, 1.165) is 46.3 Å². The number of aromatic nitrogens is 3. The fraction of sp³-hybridized carbons (Fsp3) is 0.0597. The van der Waals surface area contributed by atoms with Gasteiger partial charge in [0.1, 0.15) is 6.07 Å². The first-order valence-corrected chi connectivity index (χ1v) is 24.7. The monoisotopic (exact) mass is 904 g/mol. The lowest BCUT2D eigenvalue weighted by molar-refractivity contribution is 0.721. The van der Waals surface area contributed by atoms with E-state index in [4.69, 9.17) is 0 Å². The van der Waals surface area contributed by atoms with Gasteiger partial charge in [-0.1, -0.05) is 146 Å². The molecule has 1 aliphatic rings. The second-order valence-electron chi connectivity index (χ2n) is 19.5. The number of nitriles is 1. The minimum Gasteiger partial charge on any atom is -0.309 e. The molecule has 332 valence electrons. The van der Waals surface area contributed by atoms with Gasteiger partial charge in [-0.25, -0.2) is 0 Å². The van der Waals surface area contributed by atoms with Crippen molar-refractivity contribution in [3.63, 3.8) is 0 Å². The zero-order chi connectivity index (χ0) is 46.9. The molecule has 4 nitrogen and oxygen atoms in total. The molecule has 0 amide bonds. The number of fused-ring (bicyclic) bond motifs is 16. The first-order valence-electron chi connectivity index (χ1n) is 24.7. The van der Waals surface area contributed by atoms with Gasteiger partial charge in [0, 0.05) is 49.6 Å². The highest BCUT2D eigenvalue weighted by Crippen LogP contribution is 2.48. The largest absolute Gasteiger partial charge is 0.309 e. The van der Waals surface area contributed by atoms with E-state index >= 15 is 0 Å². The van der Waals surface area contributed by atoms with Gasteiger partial charge in [-0.2, -0.15) is 5.26 Å². The standard InChI is InChI=1S/C67H44N4/c1-41-36-65(71-63-35-31-47(39-58(63)67-49-17-5-3-15-43(49)29-34-64(67)71)70-61-24-12-8-20-53(61)54-21-9-13-25-62(54)70)45(40-68)37-56(41)50-32-27-44-26-30-46(38-57(44)66-48-16-4-2-14-42(48)28-33-55(50)66)69-59-22-10-6-18-51(59)52-19-7-11-23-60(52)69/h2-26,28-31,33-39,50H,27,32H2,1H3. The average Bonchev–Trinajstić information content (AvgIpc) is 4.02. The zero-order valence-electron chi connectivity index (χ0n) is 39.1. The predicted octanol–water partition coefficient (Wildman–Crippen LogP) is 17.2. The Bertz CT molecular complexity index is 4520. The van der Waals surface area contributed by atoms with Crippen LogP contribution in [0, 0.1) is 18.3 Å². The number of aryl methyl sites for hydroxylation is 2. The van der Waals surface area contributed by atoms with Crippen LogP contribution in [0.25, 0.3) is 115 Å². The van der Waals surface area contributed by atoms with Gasteiger partial charge in [-0.15, -0.1) is 0 Å². The minimum absolute atomic E-state index is 0.0655. The summed E-state index contributed by atoms with van der Waals surface area (Å²) >= 11 is 0. The Balaban J connectivity index is 0.925. The van der Waals surface area contributed by atoms with Crippen LogP contribution >= 0.6 is 0 Å². The molecule has 1 unspecified atom stereocenters. The molecule has 15 rings (SSSR count). The summed E-state index contributed by atoms with van der Waals surface area (Å²) in [6, 6.07) is 82.9. The van der Waals surface area contributed by atoms with Crippen LogP contribution in [0.3, 0.4) is 0 Å². The Morgan fingerprint density at radius 1 is 0.423 bits per heavy atom. The lowest BCUT2D eigenvalue weighted by Crippen LogP contribution is -2.08. The van der Waals surface area contributed by atoms with Crippen molar-refractivity contribution < 1.29 is 0 Å². The van der Waals surface area contributed by atoms with Crippen LogP contribution < -0.4 is 0 Å². The third-order valence-corrected chi connectivity index (χ3v) is 15.8. The van der Waals surface area contributed by atoms with Crippen LogP contribution in [0.1, 0.15) is 40.2 Å². The van der Waals surface area contributed by atoms with Crippen LogP contribution in [0.5, 0.6) is 0 Å². The second kappa shape index (κ2) is 15.2. The van der Waals surface area contributed by atoms with Crippen molar-refractivity contribution in [1.82, 2.24) is 13.7 Å². The number of hydrogen-bond acceptors (Lipinski definition) is 1. The SMILES string of the molecule is Cc1cc(-n2c3ccc(-n4c5ccccc5c5ccccc54)cc3c3c4ccccc4ccc32)c(C#N)cc1C1CCc2ccc(-n3c4ccccc4c4ccccc43)cc2-c2c1ccc1ccccc21. The normalized spacial score (nSPS) is 13.7. The van der Waals surface area contributed by atoms with Gasteiger partial charge >= 0.3 is 0 Å². The molecular formula is C67H44N4. The predicted molar refractivity (Wildman–Crippen MR) is 296 cm³/mol. The van der Waals surface area contributed by atoms with Gasteiger partial charge in [-0.05, 0) is 147 Å². The molecule has 11 aromatic carbocycles. The van der Waals surface area contributed by atoms with Crippen LogP contribution in [0.4, 0.5) is 0 Å². The molecule has 0 saturated heterocycles. The fourth-order valence-electron chi connectivity index (χ4n) is 12.7. The molecule has 3 heterocycles. The topological polar surface area (TPSA) is 38.6 Å². The van der Waals surface area contributed by atoms with E-state index in [1.54, 1.807) is 0 Å². The summed E-state index contributed by atoms with van der Waals surface area (Å²) < 4.78 is 7.18. The van der Waals surface area contributed by atoms with Crippen molar-refractivity contribution in [2.45, 2.75) is 25.7 Å². The Hall–Kier alpha value is -9.17. The molecule has 1 atom stereocenters. The summed E-state index contributed by atoms with van der Waals surface area (Å²) in [5, 5.41) is 23.6. The average molecular weight is 905 g/mol. The van der Waals surface area contributed by atoms with Crippen LogP contribution in [-0.2, 0) is 6.42 Å². The zero-order valence-corrected chi connectivity index (χ0v) is 39.1. The molecule has 0 fully saturated rings. The summed E-state index contributed by atoms with van der Waals surface area (Å²) in [6.45, 7) is 2.25. The number of rotatable bonds is 4. The first kappa shape index (κ1) is 39.8. The van der Waals surface area contributed by atoms with Gasteiger partial charge in [0.05, 0.1) is 44.4 Å². The number of benzene rings is 11. The summed E-state index contributed by atoms with van der Waals surface area (Å²) in [5.41, 5.74) is 18.4. The van der Waals surface area contributed by atoms with E-state index in [1.807, 2.05) is 0 Å². The third kappa shape index (κ3) is 5.72. The lowest BCUT2D eigenvalue weighted by Gasteiger charge is -2.23. The Morgan fingerprint density at radius 2 is 0.930 bits per heavy atom. The lowest BCUT2D eigenvalue weighted by atomic mass is 9.81. The molecule has 0 bridgehead atoms. The molecule has 3 aromatic heterocycles. The molecule has 14 aromatic rings. The molecule has 0 saturated carbocycles. The van der Waals surface area contributed by atoms with Crippen LogP contribution in [0.2, 0.25) is 0 Å². The molecule has 0 aliphatic heterocycles. The third-order valence-electron chi connectivity index (χ3n) is 15.8. The summed E-state index contributed by atoms with van der Waals surface area (Å²) in [7, 11) is 0. The highest BCUT2D eigenvalue weighted by molar-refractivity contribution is 6.22. The van der Waals surface area contributed by atoms with Gasteiger partial charge < -0.3 is 13.7 Å². The van der Waals surface area contributed by atoms with Gasteiger partial charge in [0.15, 0.2) is 0 Å². The van der Waals surface area contributed by atoms with Gasteiger partial charge in [0.25, 0.3) is 0 Å². The maximum atomic E-state index is 11.4. The van der Waals surface area contributed by atoms with E-state index in [1.165, 1.54) is 104 Å². The Morgan fingerprint density at radius 3 is 1.56 bits per heavy atom. The molecule has 4 heteroatoms. The van der Waals surface area contributed by atoms with Crippen molar-refractivity contribution in [3.8, 4) is 34.3 Å². The Kier molecular flexibility index (Phi) is 8.50. The van der Waals surface area contributed by atoms with Crippen LogP contribution in [0.15, 0.2) is 218 Å². The number of hydrogen-bond donors (Lipinski definition) is 0. The molecular weight excluding hydrogens is 861 g/mol. The van der Waals surface area contributed by atoms with Crippen molar-refractivity contribution in [2.24, 2.45) is 0 Å². The molecule has 71 heavy (non-hydrogen) atoms. The van der Waals surface area contributed by atoms with Crippen molar-refractivity contribution >= 4 is 87.0 Å². The van der Waals surface area contributed by atoms with Gasteiger partial charge in [-0.3, -0.25) is 0 Å². The summed E-state index contributed by atoms with van der Waals surface area (Å²) in [6.07, 6.45) is 1.83. The van der Waals surface area contributed by atoms with E-state index in [-0.39, 0.29) is 5.92 Å².